The maximum Gasteiger partial charge on any atom is 0.412 e. The molecule has 2 aromatic carbocycles. The van der Waals surface area contributed by atoms with Gasteiger partial charge in [0.05, 0.1) is 11.1 Å². The number of hydrogen-bond acceptors (Lipinski definition) is 5. The van der Waals surface area contributed by atoms with Crippen LogP contribution in [0, 0.1) is 17.0 Å². The molecular weight excluding hydrogens is 506 g/mol. The Balaban J connectivity index is 1.64. The largest absolute Gasteiger partial charge is 0.447 e. The number of likely N-dealkylation sites (N-methyl/N-ethyl adjacent to an activating group) is 1. The number of carbonyl (C=O) groups is 2. The highest BCUT2D eigenvalue weighted by molar-refractivity contribution is 6.31. The number of carbonyl (C=O) groups excluding carboxylic acids is 2. The maximum atomic E-state index is 13.7. The third-order valence-corrected chi connectivity index (χ3v) is 6.29. The lowest BCUT2D eigenvalue weighted by molar-refractivity contribution is 0.0736. The molecule has 0 saturated heterocycles. The Morgan fingerprint density at radius 1 is 1.19 bits per heavy atom. The quantitative estimate of drug-likeness (QED) is 0.344. The molecule has 3 aromatic rings. The van der Waals surface area contributed by atoms with Crippen LogP contribution in [0.4, 0.5) is 24.2 Å². The van der Waals surface area contributed by atoms with Crippen molar-refractivity contribution >= 4 is 40.3 Å². The maximum absolute atomic E-state index is 13.7. The van der Waals surface area contributed by atoms with Crippen LogP contribution in [0.5, 0.6) is 0 Å². The lowest BCUT2D eigenvalue weighted by atomic mass is 9.86. The van der Waals surface area contributed by atoms with Gasteiger partial charge in [-0.05, 0) is 53.1 Å². The normalized spacial score (nSPS) is 12.2. The summed E-state index contributed by atoms with van der Waals surface area (Å²) in [5.74, 6) is -0.828. The van der Waals surface area contributed by atoms with E-state index >= 15 is 0 Å². The summed E-state index contributed by atoms with van der Waals surface area (Å²) >= 11 is 5.96. The van der Waals surface area contributed by atoms with Gasteiger partial charge in [0.15, 0.2) is 0 Å². The number of aromatic nitrogens is 1. The summed E-state index contributed by atoms with van der Waals surface area (Å²) in [7, 11) is 1.53. The molecule has 3 rings (SSSR count). The van der Waals surface area contributed by atoms with Crippen molar-refractivity contribution in [3.8, 4) is 0 Å². The van der Waals surface area contributed by atoms with E-state index in [1.54, 1.807) is 12.1 Å². The van der Waals surface area contributed by atoms with Gasteiger partial charge in [-0.15, -0.1) is 0 Å². The van der Waals surface area contributed by atoms with E-state index in [1.807, 2.05) is 13.8 Å². The molecule has 1 aromatic heterocycles. The van der Waals surface area contributed by atoms with Crippen LogP contribution in [0.15, 0.2) is 48.7 Å². The molecular formula is C26H29ClF2N4O4. The lowest BCUT2D eigenvalue weighted by Gasteiger charge is -2.33. The molecule has 37 heavy (non-hydrogen) atoms. The number of rotatable bonds is 9. The number of halogens is 3. The van der Waals surface area contributed by atoms with Crippen LogP contribution in [0.1, 0.15) is 25.8 Å². The van der Waals surface area contributed by atoms with Gasteiger partial charge in [-0.25, -0.2) is 23.4 Å². The third-order valence-electron chi connectivity index (χ3n) is 5.87. The van der Waals surface area contributed by atoms with Crippen LogP contribution < -0.4 is 10.6 Å². The lowest BCUT2D eigenvalue weighted by Crippen LogP contribution is -2.48. The molecule has 0 aliphatic carbocycles. The van der Waals surface area contributed by atoms with E-state index in [1.165, 1.54) is 48.5 Å². The van der Waals surface area contributed by atoms with Gasteiger partial charge >= 0.3 is 12.1 Å². The summed E-state index contributed by atoms with van der Waals surface area (Å²) < 4.78 is 32.6. The average molecular weight is 535 g/mol. The molecule has 0 aliphatic rings. The number of aliphatic hydroxyl groups is 1. The Morgan fingerprint density at radius 2 is 1.95 bits per heavy atom. The standard InChI is InChI=1S/C26H29ClF2N4O4/c1-26(2,15-34)11-20(33(3)24(35)31-13-17-5-4-6-21(29)23(17)27)14-37-25(36)32-22-10-18-9-19(28)8-7-16(18)12-30-22/h4-10,12,20,34H,11,13-15H2,1-3H3,(H,31,35)(H,30,32,36)/t20-/m0/s1. The highest BCUT2D eigenvalue weighted by Gasteiger charge is 2.29. The molecule has 0 aliphatic heterocycles. The van der Waals surface area contributed by atoms with Gasteiger partial charge in [0.25, 0.3) is 0 Å². The van der Waals surface area contributed by atoms with Gasteiger partial charge in [-0.2, -0.15) is 0 Å². The van der Waals surface area contributed by atoms with Crippen LogP contribution in [0.2, 0.25) is 5.02 Å². The Morgan fingerprint density at radius 3 is 2.68 bits per heavy atom. The summed E-state index contributed by atoms with van der Waals surface area (Å²) in [6, 6.07) is 8.95. The van der Waals surface area contributed by atoms with Crippen molar-refractivity contribution in [3.63, 3.8) is 0 Å². The summed E-state index contributed by atoms with van der Waals surface area (Å²) in [5, 5.41) is 16.1. The smallest absolute Gasteiger partial charge is 0.412 e. The second-order valence-corrected chi connectivity index (χ2v) is 9.83. The van der Waals surface area contributed by atoms with Gasteiger partial charge < -0.3 is 20.1 Å². The van der Waals surface area contributed by atoms with E-state index in [4.69, 9.17) is 16.3 Å². The van der Waals surface area contributed by atoms with E-state index < -0.39 is 35.2 Å². The molecule has 1 heterocycles. The predicted octanol–water partition coefficient (Wildman–Crippen LogP) is 5.33. The minimum atomic E-state index is -0.810. The Bertz CT molecular complexity index is 1270. The van der Waals surface area contributed by atoms with E-state index in [2.05, 4.69) is 15.6 Å². The minimum Gasteiger partial charge on any atom is -0.447 e. The summed E-state index contributed by atoms with van der Waals surface area (Å²) in [6.07, 6.45) is 1.00. The Kier molecular flexibility index (Phi) is 9.23. The minimum absolute atomic E-state index is 0.00848. The van der Waals surface area contributed by atoms with Crippen molar-refractivity contribution in [2.24, 2.45) is 5.41 Å². The Labute approximate surface area is 218 Å². The molecule has 0 unspecified atom stereocenters. The van der Waals surface area contributed by atoms with Crippen LogP contribution in [-0.2, 0) is 11.3 Å². The van der Waals surface area contributed by atoms with Crippen molar-refractivity contribution in [1.29, 1.82) is 0 Å². The number of pyridine rings is 1. The first-order valence-corrected chi connectivity index (χ1v) is 11.9. The third kappa shape index (κ3) is 7.74. The van der Waals surface area contributed by atoms with Gasteiger partial charge in [0.2, 0.25) is 0 Å². The molecule has 3 amide bonds. The number of benzene rings is 2. The zero-order valence-corrected chi connectivity index (χ0v) is 21.5. The van der Waals surface area contributed by atoms with E-state index in [0.717, 1.165) is 0 Å². The number of nitrogens with zero attached hydrogens (tertiary/aromatic N) is 2. The molecule has 0 radical (unpaired) electrons. The first-order valence-electron chi connectivity index (χ1n) is 11.5. The van der Waals surface area contributed by atoms with Gasteiger partial charge in [0, 0.05) is 31.8 Å². The average Bonchev–Trinajstić information content (AvgIpc) is 2.86. The van der Waals surface area contributed by atoms with Crippen molar-refractivity contribution in [2.45, 2.75) is 32.9 Å². The molecule has 0 spiro atoms. The van der Waals surface area contributed by atoms with Gasteiger partial charge in [0.1, 0.15) is 24.1 Å². The van der Waals surface area contributed by atoms with Crippen molar-refractivity contribution in [3.05, 3.63) is 70.9 Å². The van der Waals surface area contributed by atoms with Gasteiger partial charge in [-0.1, -0.05) is 37.6 Å². The summed E-state index contributed by atoms with van der Waals surface area (Å²) in [5.41, 5.74) is -0.163. The number of fused-ring (bicyclic) bond motifs is 1. The van der Waals surface area contributed by atoms with E-state index in [9.17, 15) is 23.5 Å². The Hall–Kier alpha value is -3.50. The number of nitrogens with one attached hydrogen (secondary N) is 2. The molecule has 0 saturated carbocycles. The summed E-state index contributed by atoms with van der Waals surface area (Å²) in [4.78, 5) is 30.8. The van der Waals surface area contributed by atoms with Crippen LogP contribution in [0.3, 0.4) is 0 Å². The zero-order valence-electron chi connectivity index (χ0n) is 20.7. The molecule has 11 heteroatoms. The van der Waals surface area contributed by atoms with E-state index in [0.29, 0.717) is 22.8 Å². The van der Waals surface area contributed by atoms with E-state index in [-0.39, 0.29) is 30.6 Å². The number of amides is 3. The number of ether oxygens (including phenoxy) is 1. The first kappa shape index (κ1) is 28.1. The topological polar surface area (TPSA) is 104 Å². The number of urea groups is 1. The second kappa shape index (κ2) is 12.2. The van der Waals surface area contributed by atoms with Crippen LogP contribution >= 0.6 is 11.6 Å². The predicted molar refractivity (Wildman–Crippen MR) is 137 cm³/mol. The zero-order chi connectivity index (χ0) is 27.2. The molecule has 0 fully saturated rings. The fraction of sp³-hybridized carbons (Fsp3) is 0.346. The first-order chi connectivity index (χ1) is 17.5. The molecule has 0 bridgehead atoms. The highest BCUT2D eigenvalue weighted by Crippen LogP contribution is 2.25. The fourth-order valence-corrected chi connectivity index (χ4v) is 3.84. The van der Waals surface area contributed by atoms with Crippen molar-refractivity contribution in [1.82, 2.24) is 15.2 Å². The molecule has 198 valence electrons. The molecule has 8 nitrogen and oxygen atoms in total. The van der Waals surface area contributed by atoms with Crippen LogP contribution in [0.25, 0.3) is 10.8 Å². The van der Waals surface area contributed by atoms with Crippen molar-refractivity contribution < 1.29 is 28.2 Å². The number of aliphatic hydroxyl groups excluding tert-OH is 1. The highest BCUT2D eigenvalue weighted by atomic mass is 35.5. The summed E-state index contributed by atoms with van der Waals surface area (Å²) in [6.45, 7) is 3.29. The molecule has 1 atom stereocenters. The number of hydrogen-bond donors (Lipinski definition) is 3. The molecule has 3 N–H and O–H groups in total. The number of anilines is 1. The monoisotopic (exact) mass is 534 g/mol. The second-order valence-electron chi connectivity index (χ2n) is 9.45. The fourth-order valence-electron chi connectivity index (χ4n) is 3.65. The van der Waals surface area contributed by atoms with Gasteiger partial charge in [-0.3, -0.25) is 5.32 Å². The van der Waals surface area contributed by atoms with Crippen molar-refractivity contribution in [2.75, 3.05) is 25.6 Å². The van der Waals surface area contributed by atoms with Crippen LogP contribution in [-0.4, -0.2) is 53.4 Å². The SMILES string of the molecule is CN(C(=O)NCc1cccc(F)c1Cl)[C@H](COC(=O)Nc1cc2cc(F)ccc2cn1)CC(C)(C)CO.